The highest BCUT2D eigenvalue weighted by Crippen LogP contribution is 2.30. The molecule has 1 aliphatic heterocycles. The smallest absolute Gasteiger partial charge is 0.262 e. The number of carbonyl (C=O) groups excluding carboxylic acids is 1. The molecule has 3 aromatic rings. The predicted molar refractivity (Wildman–Crippen MR) is 85.6 cm³/mol. The molecule has 0 radical (unpaired) electrons. The van der Waals surface area contributed by atoms with Crippen LogP contribution in [-0.4, -0.2) is 28.5 Å². The molecule has 0 aliphatic carbocycles. The lowest BCUT2D eigenvalue weighted by atomic mass is 10.1. The number of aromatic nitrogens is 2. The van der Waals surface area contributed by atoms with Gasteiger partial charge in [-0.25, -0.2) is 4.98 Å². The number of ether oxygens (including phenoxy) is 2. The van der Waals surface area contributed by atoms with E-state index in [1.54, 1.807) is 24.3 Å². The highest BCUT2D eigenvalue weighted by Gasteiger charge is 2.16. The summed E-state index contributed by atoms with van der Waals surface area (Å²) < 4.78 is 12.2. The molecular weight excluding hydrogens is 316 g/mol. The number of Topliss-reactive ketones (excluding diaryl/α,β-unsaturated/α-hetero) is 1. The van der Waals surface area contributed by atoms with Crippen LogP contribution in [0.2, 0.25) is 0 Å². The summed E-state index contributed by atoms with van der Waals surface area (Å²) in [6.45, 7) is 0.905. The Hall–Kier alpha value is -2.67. The Kier molecular flexibility index (Phi) is 3.34. The molecule has 3 heterocycles. The maximum Gasteiger partial charge on any atom is 0.262 e. The average Bonchev–Trinajstić information content (AvgIpc) is 3.06. The number of nitrogens with zero attached hydrogens (tertiary/aromatic N) is 2. The van der Waals surface area contributed by atoms with Crippen molar-refractivity contribution in [2.45, 2.75) is 6.54 Å². The van der Waals surface area contributed by atoms with Gasteiger partial charge >= 0.3 is 0 Å². The number of thiophene rings is 1. The van der Waals surface area contributed by atoms with E-state index in [0.717, 1.165) is 0 Å². The molecule has 1 aliphatic rings. The van der Waals surface area contributed by atoms with Crippen LogP contribution in [0.25, 0.3) is 10.2 Å². The summed E-state index contributed by atoms with van der Waals surface area (Å²) in [5.74, 6) is 1.01. The monoisotopic (exact) mass is 328 g/mol. The van der Waals surface area contributed by atoms with Crippen LogP contribution in [0.1, 0.15) is 10.4 Å². The number of hydrogen-bond donors (Lipinski definition) is 0. The third-order valence-corrected chi connectivity index (χ3v) is 4.45. The van der Waals surface area contributed by atoms with Crippen molar-refractivity contribution in [2.24, 2.45) is 0 Å². The second-order valence-electron chi connectivity index (χ2n) is 5.10. The number of benzene rings is 1. The molecule has 0 saturated heterocycles. The second kappa shape index (κ2) is 5.51. The molecule has 23 heavy (non-hydrogen) atoms. The molecule has 7 heteroatoms. The van der Waals surface area contributed by atoms with Crippen LogP contribution in [0.3, 0.4) is 0 Å². The Morgan fingerprint density at radius 2 is 2.04 bits per heavy atom. The highest BCUT2D eigenvalue weighted by molar-refractivity contribution is 7.16. The van der Waals surface area contributed by atoms with E-state index in [2.05, 4.69) is 4.98 Å². The van der Waals surface area contributed by atoms with Gasteiger partial charge in [-0.05, 0) is 29.6 Å². The average molecular weight is 328 g/mol. The lowest BCUT2D eigenvalue weighted by molar-refractivity contribution is 0.0969. The number of rotatable bonds is 3. The summed E-state index contributed by atoms with van der Waals surface area (Å²) in [4.78, 5) is 29.6. The predicted octanol–water partition coefficient (Wildman–Crippen LogP) is 2.11. The third-order valence-electron chi connectivity index (χ3n) is 3.63. The molecular formula is C16H12N2O4S. The molecule has 6 nitrogen and oxygen atoms in total. The van der Waals surface area contributed by atoms with Crippen LogP contribution in [0, 0.1) is 0 Å². The van der Waals surface area contributed by atoms with Crippen molar-refractivity contribution in [3.8, 4) is 11.5 Å². The van der Waals surface area contributed by atoms with Crippen molar-refractivity contribution in [2.75, 3.05) is 13.2 Å². The van der Waals surface area contributed by atoms with Crippen molar-refractivity contribution >= 4 is 27.3 Å². The van der Waals surface area contributed by atoms with Gasteiger partial charge < -0.3 is 9.47 Å². The Labute approximate surface area is 134 Å². The number of ketones is 1. The van der Waals surface area contributed by atoms with Gasteiger partial charge in [0.05, 0.1) is 18.3 Å². The number of carbonyl (C=O) groups is 1. The van der Waals surface area contributed by atoms with Crippen LogP contribution in [0.4, 0.5) is 0 Å². The van der Waals surface area contributed by atoms with E-state index in [4.69, 9.17) is 9.47 Å². The quantitative estimate of drug-likeness (QED) is 0.689. The zero-order chi connectivity index (χ0) is 15.8. The van der Waals surface area contributed by atoms with Gasteiger partial charge in [0.15, 0.2) is 17.3 Å². The van der Waals surface area contributed by atoms with E-state index in [9.17, 15) is 9.59 Å². The van der Waals surface area contributed by atoms with Gasteiger partial charge in [-0.2, -0.15) is 0 Å². The summed E-state index contributed by atoms with van der Waals surface area (Å²) in [7, 11) is 0. The second-order valence-corrected chi connectivity index (χ2v) is 5.99. The molecule has 0 fully saturated rings. The molecule has 4 rings (SSSR count). The maximum atomic E-state index is 12.4. The van der Waals surface area contributed by atoms with E-state index >= 15 is 0 Å². The van der Waals surface area contributed by atoms with Crippen molar-refractivity contribution in [1.29, 1.82) is 0 Å². The van der Waals surface area contributed by atoms with Gasteiger partial charge in [-0.1, -0.05) is 0 Å². The number of hydrogen-bond acceptors (Lipinski definition) is 6. The van der Waals surface area contributed by atoms with Crippen molar-refractivity contribution < 1.29 is 14.3 Å². The molecule has 0 atom stereocenters. The fraction of sp³-hybridized carbons (Fsp3) is 0.188. The van der Waals surface area contributed by atoms with E-state index in [0.29, 0.717) is 40.5 Å². The van der Waals surface area contributed by atoms with Crippen LogP contribution in [-0.2, 0) is 6.54 Å². The van der Waals surface area contributed by atoms with Gasteiger partial charge in [-0.15, -0.1) is 11.3 Å². The van der Waals surface area contributed by atoms with Gasteiger partial charge in [0.1, 0.15) is 18.0 Å². The van der Waals surface area contributed by atoms with Gasteiger partial charge in [0.2, 0.25) is 0 Å². The van der Waals surface area contributed by atoms with Crippen molar-refractivity contribution in [1.82, 2.24) is 9.55 Å². The van der Waals surface area contributed by atoms with Crippen LogP contribution < -0.4 is 15.0 Å². The third kappa shape index (κ3) is 2.49. The topological polar surface area (TPSA) is 70.4 Å². The van der Waals surface area contributed by atoms with E-state index < -0.39 is 0 Å². The maximum absolute atomic E-state index is 12.4. The molecule has 0 saturated carbocycles. The minimum absolute atomic E-state index is 0.0583. The largest absolute Gasteiger partial charge is 0.486 e. The summed E-state index contributed by atoms with van der Waals surface area (Å²) in [5.41, 5.74) is 0.272. The summed E-state index contributed by atoms with van der Waals surface area (Å²) in [5, 5.41) is 2.35. The first-order valence-electron chi connectivity index (χ1n) is 7.08. The van der Waals surface area contributed by atoms with E-state index in [1.165, 1.54) is 22.2 Å². The lowest BCUT2D eigenvalue weighted by Crippen LogP contribution is -2.24. The summed E-state index contributed by atoms with van der Waals surface area (Å²) in [6, 6.07) is 6.76. The minimum Gasteiger partial charge on any atom is -0.486 e. The highest BCUT2D eigenvalue weighted by atomic mass is 32.1. The number of fused-ring (bicyclic) bond motifs is 2. The first-order valence-corrected chi connectivity index (χ1v) is 7.96. The van der Waals surface area contributed by atoms with Crippen LogP contribution >= 0.6 is 11.3 Å². The molecule has 0 amide bonds. The molecule has 0 unspecified atom stereocenters. The van der Waals surface area contributed by atoms with Gasteiger partial charge in [-0.3, -0.25) is 14.2 Å². The fourth-order valence-corrected chi connectivity index (χ4v) is 3.19. The SMILES string of the molecule is O=C(Cn1cnc2sccc2c1=O)c1ccc2c(c1)OCCO2. The molecule has 2 aromatic heterocycles. The molecule has 0 N–H and O–H groups in total. The van der Waals surface area contributed by atoms with Crippen LogP contribution in [0.15, 0.2) is 40.8 Å². The first kappa shape index (κ1) is 14.0. The molecule has 0 bridgehead atoms. The summed E-state index contributed by atoms with van der Waals surface area (Å²) >= 11 is 1.40. The molecule has 116 valence electrons. The standard InChI is InChI=1S/C16H12N2O4S/c19-12(10-1-2-13-14(7-10)22-5-4-21-13)8-18-9-17-15-11(16(18)20)3-6-23-15/h1-3,6-7,9H,4-5,8H2. The Morgan fingerprint density at radius 1 is 1.22 bits per heavy atom. The molecule has 0 spiro atoms. The summed E-state index contributed by atoms with van der Waals surface area (Å²) in [6.07, 6.45) is 1.41. The first-order chi connectivity index (χ1) is 11.2. The van der Waals surface area contributed by atoms with Gasteiger partial charge in [0.25, 0.3) is 5.56 Å². The van der Waals surface area contributed by atoms with Crippen molar-refractivity contribution in [3.63, 3.8) is 0 Å². The fourth-order valence-electron chi connectivity index (χ4n) is 2.47. The van der Waals surface area contributed by atoms with Crippen LogP contribution in [0.5, 0.6) is 11.5 Å². The Bertz CT molecular complexity index is 960. The zero-order valence-electron chi connectivity index (χ0n) is 12.0. The Balaban J connectivity index is 1.64. The zero-order valence-corrected chi connectivity index (χ0v) is 12.8. The molecule has 1 aromatic carbocycles. The minimum atomic E-state index is -0.206. The van der Waals surface area contributed by atoms with Crippen molar-refractivity contribution in [3.05, 3.63) is 51.9 Å². The van der Waals surface area contributed by atoms with Gasteiger partial charge in [0, 0.05) is 5.56 Å². The Morgan fingerprint density at radius 3 is 2.91 bits per heavy atom. The van der Waals surface area contributed by atoms with E-state index in [-0.39, 0.29) is 17.9 Å². The lowest BCUT2D eigenvalue weighted by Gasteiger charge is -2.18. The van der Waals surface area contributed by atoms with E-state index in [1.807, 2.05) is 5.38 Å². The normalized spacial score (nSPS) is 13.2.